The third kappa shape index (κ3) is 3.51. The Bertz CT molecular complexity index is 344. The van der Waals surface area contributed by atoms with Gasteiger partial charge in [0.2, 0.25) is 0 Å². The van der Waals surface area contributed by atoms with Gasteiger partial charge in [-0.05, 0) is 45.4 Å². The first-order valence-corrected chi connectivity index (χ1v) is 5.58. The molecule has 16 heavy (non-hydrogen) atoms. The standard InChI is InChI=1S/C13H21NO2/c1-9(14-10(2)13(3,4)16)11-6-5-7-12(15)8-11/h5-10,14-16H,1-4H3. The summed E-state index contributed by atoms with van der Waals surface area (Å²) in [5, 5.41) is 22.5. The summed E-state index contributed by atoms with van der Waals surface area (Å²) in [7, 11) is 0. The molecule has 3 nitrogen and oxygen atoms in total. The van der Waals surface area contributed by atoms with Gasteiger partial charge in [-0.1, -0.05) is 12.1 Å². The lowest BCUT2D eigenvalue weighted by Crippen LogP contribution is -2.45. The summed E-state index contributed by atoms with van der Waals surface area (Å²) < 4.78 is 0. The molecule has 1 aromatic rings. The Morgan fingerprint density at radius 3 is 2.38 bits per heavy atom. The van der Waals surface area contributed by atoms with Gasteiger partial charge in [0.15, 0.2) is 0 Å². The fourth-order valence-electron chi connectivity index (χ4n) is 1.47. The molecular formula is C13H21NO2. The smallest absolute Gasteiger partial charge is 0.115 e. The molecule has 1 aromatic carbocycles. The van der Waals surface area contributed by atoms with Crippen molar-refractivity contribution >= 4 is 0 Å². The zero-order chi connectivity index (χ0) is 12.3. The quantitative estimate of drug-likeness (QED) is 0.733. The monoisotopic (exact) mass is 223 g/mol. The third-order valence-electron chi connectivity index (χ3n) is 2.93. The molecule has 2 atom stereocenters. The Balaban J connectivity index is 2.69. The van der Waals surface area contributed by atoms with Gasteiger partial charge in [0, 0.05) is 12.1 Å². The molecule has 0 aliphatic rings. The molecule has 90 valence electrons. The third-order valence-corrected chi connectivity index (χ3v) is 2.93. The van der Waals surface area contributed by atoms with Crippen molar-refractivity contribution in [1.29, 1.82) is 0 Å². The molecule has 3 heteroatoms. The largest absolute Gasteiger partial charge is 0.508 e. The Morgan fingerprint density at radius 1 is 1.25 bits per heavy atom. The number of phenols is 1. The van der Waals surface area contributed by atoms with Crippen LogP contribution in [0.5, 0.6) is 5.75 Å². The fourth-order valence-corrected chi connectivity index (χ4v) is 1.47. The molecule has 2 unspecified atom stereocenters. The van der Waals surface area contributed by atoms with Crippen molar-refractivity contribution in [3.8, 4) is 5.75 Å². The summed E-state index contributed by atoms with van der Waals surface area (Å²) in [6.07, 6.45) is 0. The maximum Gasteiger partial charge on any atom is 0.115 e. The molecule has 0 saturated carbocycles. The summed E-state index contributed by atoms with van der Waals surface area (Å²) in [6, 6.07) is 7.22. The molecular weight excluding hydrogens is 202 g/mol. The van der Waals surface area contributed by atoms with Crippen molar-refractivity contribution in [2.45, 2.75) is 45.4 Å². The molecule has 0 saturated heterocycles. The number of benzene rings is 1. The lowest BCUT2D eigenvalue weighted by molar-refractivity contribution is 0.0405. The van der Waals surface area contributed by atoms with E-state index in [1.54, 1.807) is 26.0 Å². The first-order valence-electron chi connectivity index (χ1n) is 5.58. The van der Waals surface area contributed by atoms with Gasteiger partial charge in [0.05, 0.1) is 5.60 Å². The lowest BCUT2D eigenvalue weighted by Gasteiger charge is -2.30. The molecule has 0 bridgehead atoms. The Kier molecular flexibility index (Phi) is 3.94. The minimum Gasteiger partial charge on any atom is -0.508 e. The van der Waals surface area contributed by atoms with Crippen LogP contribution >= 0.6 is 0 Å². The van der Waals surface area contributed by atoms with Crippen LogP contribution in [-0.2, 0) is 0 Å². The number of phenolic OH excluding ortho intramolecular Hbond substituents is 1. The number of rotatable bonds is 4. The number of aromatic hydroxyl groups is 1. The van der Waals surface area contributed by atoms with E-state index in [9.17, 15) is 10.2 Å². The van der Waals surface area contributed by atoms with E-state index in [4.69, 9.17) is 0 Å². The lowest BCUT2D eigenvalue weighted by atomic mass is 9.98. The summed E-state index contributed by atoms with van der Waals surface area (Å²) in [5.41, 5.74) is 0.251. The van der Waals surface area contributed by atoms with Gasteiger partial charge in [0.25, 0.3) is 0 Å². The van der Waals surface area contributed by atoms with Crippen LogP contribution < -0.4 is 5.32 Å². The minimum atomic E-state index is -0.759. The van der Waals surface area contributed by atoms with Gasteiger partial charge in [-0.15, -0.1) is 0 Å². The maximum absolute atomic E-state index is 9.82. The van der Waals surface area contributed by atoms with Gasteiger partial charge in [-0.2, -0.15) is 0 Å². The van der Waals surface area contributed by atoms with Crippen molar-refractivity contribution in [2.24, 2.45) is 0 Å². The van der Waals surface area contributed by atoms with Gasteiger partial charge < -0.3 is 15.5 Å². The summed E-state index contributed by atoms with van der Waals surface area (Å²) in [6.45, 7) is 7.51. The van der Waals surface area contributed by atoms with Crippen molar-refractivity contribution in [1.82, 2.24) is 5.32 Å². The second-order valence-corrected chi connectivity index (χ2v) is 4.86. The highest BCUT2D eigenvalue weighted by Gasteiger charge is 2.23. The first-order chi connectivity index (χ1) is 7.30. The molecule has 0 radical (unpaired) electrons. The van der Waals surface area contributed by atoms with Crippen LogP contribution in [0.3, 0.4) is 0 Å². The van der Waals surface area contributed by atoms with Gasteiger partial charge in [-0.3, -0.25) is 0 Å². The van der Waals surface area contributed by atoms with E-state index in [-0.39, 0.29) is 17.8 Å². The second kappa shape index (κ2) is 4.85. The molecule has 1 rings (SSSR count). The summed E-state index contributed by atoms with van der Waals surface area (Å²) in [5.74, 6) is 0.266. The molecule has 0 heterocycles. The molecule has 0 fully saturated rings. The van der Waals surface area contributed by atoms with E-state index >= 15 is 0 Å². The average Bonchev–Trinajstić information content (AvgIpc) is 2.16. The zero-order valence-electron chi connectivity index (χ0n) is 10.4. The zero-order valence-corrected chi connectivity index (χ0v) is 10.4. The van der Waals surface area contributed by atoms with Gasteiger partial charge in [0.1, 0.15) is 5.75 Å². The molecule has 0 spiro atoms. The van der Waals surface area contributed by atoms with E-state index < -0.39 is 5.60 Å². The van der Waals surface area contributed by atoms with E-state index in [2.05, 4.69) is 5.32 Å². The van der Waals surface area contributed by atoms with E-state index in [0.717, 1.165) is 5.56 Å². The Labute approximate surface area is 97.1 Å². The maximum atomic E-state index is 9.82. The molecule has 0 aliphatic heterocycles. The van der Waals surface area contributed by atoms with Crippen LogP contribution in [0.2, 0.25) is 0 Å². The topological polar surface area (TPSA) is 52.5 Å². The van der Waals surface area contributed by atoms with Gasteiger partial charge in [-0.25, -0.2) is 0 Å². The predicted molar refractivity (Wildman–Crippen MR) is 65.4 cm³/mol. The van der Waals surface area contributed by atoms with Crippen LogP contribution in [0.15, 0.2) is 24.3 Å². The Hall–Kier alpha value is -1.06. The molecule has 3 N–H and O–H groups in total. The highest BCUT2D eigenvalue weighted by Crippen LogP contribution is 2.20. The average molecular weight is 223 g/mol. The second-order valence-electron chi connectivity index (χ2n) is 4.86. The van der Waals surface area contributed by atoms with Crippen molar-refractivity contribution in [3.05, 3.63) is 29.8 Å². The van der Waals surface area contributed by atoms with Crippen LogP contribution in [0.4, 0.5) is 0 Å². The van der Waals surface area contributed by atoms with Gasteiger partial charge >= 0.3 is 0 Å². The highest BCUT2D eigenvalue weighted by molar-refractivity contribution is 5.29. The summed E-state index contributed by atoms with van der Waals surface area (Å²) in [4.78, 5) is 0. The Morgan fingerprint density at radius 2 is 1.88 bits per heavy atom. The summed E-state index contributed by atoms with van der Waals surface area (Å²) >= 11 is 0. The number of hydrogen-bond donors (Lipinski definition) is 3. The van der Waals surface area contributed by atoms with Crippen LogP contribution in [0.1, 0.15) is 39.3 Å². The molecule has 0 amide bonds. The molecule has 0 aliphatic carbocycles. The minimum absolute atomic E-state index is 0.0233. The number of aliphatic hydroxyl groups is 1. The first kappa shape index (κ1) is 13.0. The van der Waals surface area contributed by atoms with E-state index in [1.165, 1.54) is 0 Å². The van der Waals surface area contributed by atoms with Crippen molar-refractivity contribution in [2.75, 3.05) is 0 Å². The molecule has 0 aromatic heterocycles. The highest BCUT2D eigenvalue weighted by atomic mass is 16.3. The fraction of sp³-hybridized carbons (Fsp3) is 0.538. The van der Waals surface area contributed by atoms with Crippen molar-refractivity contribution < 1.29 is 10.2 Å². The van der Waals surface area contributed by atoms with Crippen molar-refractivity contribution in [3.63, 3.8) is 0 Å². The predicted octanol–water partition coefficient (Wildman–Crippen LogP) is 2.20. The van der Waals surface area contributed by atoms with E-state index in [1.807, 2.05) is 26.0 Å². The number of nitrogens with one attached hydrogen (secondary N) is 1. The van der Waals surface area contributed by atoms with Crippen LogP contribution in [-0.4, -0.2) is 21.9 Å². The van der Waals surface area contributed by atoms with E-state index in [0.29, 0.717) is 0 Å². The number of hydrogen-bond acceptors (Lipinski definition) is 3. The van der Waals surface area contributed by atoms with Crippen LogP contribution in [0.25, 0.3) is 0 Å². The van der Waals surface area contributed by atoms with Crippen LogP contribution in [0, 0.1) is 0 Å². The normalized spacial score (nSPS) is 15.8. The SMILES string of the molecule is CC(NC(C)C(C)(C)O)c1cccc(O)c1.